The first kappa shape index (κ1) is 10.4. The minimum Gasteiger partial charge on any atom is -0.743 e. The van der Waals surface area contributed by atoms with Crippen molar-refractivity contribution in [2.24, 2.45) is 4.99 Å². The quantitative estimate of drug-likeness (QED) is 0.408. The van der Waals surface area contributed by atoms with Crippen LogP contribution in [-0.4, -0.2) is 36.4 Å². The van der Waals surface area contributed by atoms with Crippen LogP contribution in [0.5, 0.6) is 0 Å². The van der Waals surface area contributed by atoms with Crippen molar-refractivity contribution < 1.29 is 4.74 Å². The van der Waals surface area contributed by atoms with Gasteiger partial charge in [-0.15, -0.1) is 0 Å². The third-order valence-corrected chi connectivity index (χ3v) is 2.61. The molecule has 1 aliphatic heterocycles. The maximum absolute atomic E-state index is 5.26. The Morgan fingerprint density at radius 2 is 1.87 bits per heavy atom. The van der Waals surface area contributed by atoms with E-state index in [4.69, 9.17) is 17.4 Å². The molecule has 0 aliphatic carbocycles. The highest BCUT2D eigenvalue weighted by Gasteiger charge is 2.07. The van der Waals surface area contributed by atoms with Crippen molar-refractivity contribution >= 4 is 23.5 Å². The van der Waals surface area contributed by atoms with Crippen molar-refractivity contribution in [3.8, 4) is 0 Å². The first-order valence-electron chi connectivity index (χ1n) is 5.00. The zero-order chi connectivity index (χ0) is 10.5. The van der Waals surface area contributed by atoms with Crippen molar-refractivity contribution in [3.05, 3.63) is 30.3 Å². The zero-order valence-electron chi connectivity index (χ0n) is 8.43. The number of rotatable bonds is 1. The van der Waals surface area contributed by atoms with Crippen LogP contribution in [0.4, 0.5) is 5.69 Å². The van der Waals surface area contributed by atoms with Gasteiger partial charge in [0.1, 0.15) is 0 Å². The molecule has 1 fully saturated rings. The molecule has 1 heterocycles. The van der Waals surface area contributed by atoms with E-state index in [0.717, 1.165) is 32.0 Å². The fourth-order valence-electron chi connectivity index (χ4n) is 1.44. The van der Waals surface area contributed by atoms with Gasteiger partial charge in [-0.25, -0.2) is 0 Å². The highest BCUT2D eigenvalue weighted by Crippen LogP contribution is 2.11. The summed E-state index contributed by atoms with van der Waals surface area (Å²) in [6.07, 6.45) is 0. The molecule has 0 radical (unpaired) electrons. The molecule has 0 amide bonds. The van der Waals surface area contributed by atoms with E-state index >= 15 is 0 Å². The first-order valence-corrected chi connectivity index (χ1v) is 5.40. The van der Waals surface area contributed by atoms with Crippen LogP contribution in [0.3, 0.4) is 0 Å². The summed E-state index contributed by atoms with van der Waals surface area (Å²) in [5.41, 5.74) is 0.911. The van der Waals surface area contributed by atoms with E-state index < -0.39 is 0 Å². The van der Waals surface area contributed by atoms with Crippen molar-refractivity contribution in [2.75, 3.05) is 26.3 Å². The molecule has 3 nitrogen and oxygen atoms in total. The summed E-state index contributed by atoms with van der Waals surface area (Å²) in [5, 5.41) is 0.657. The highest BCUT2D eigenvalue weighted by atomic mass is 32.1. The van der Waals surface area contributed by atoms with Gasteiger partial charge < -0.3 is 22.3 Å². The number of amidine groups is 1. The minimum absolute atomic E-state index is 0.657. The second kappa shape index (κ2) is 5.09. The number of nitrogens with zero attached hydrogens (tertiary/aromatic N) is 2. The molecule has 0 bridgehead atoms. The van der Waals surface area contributed by atoms with Gasteiger partial charge in [0.2, 0.25) is 0 Å². The van der Waals surface area contributed by atoms with Gasteiger partial charge >= 0.3 is 0 Å². The summed E-state index contributed by atoms with van der Waals surface area (Å²) < 4.78 is 5.26. The number of ether oxygens (including phenoxy) is 1. The third-order valence-electron chi connectivity index (χ3n) is 2.26. The Labute approximate surface area is 95.2 Å². The number of benzene rings is 1. The normalized spacial score (nSPS) is 17.9. The maximum Gasteiger partial charge on any atom is 0.0642 e. The van der Waals surface area contributed by atoms with Gasteiger partial charge in [0, 0.05) is 13.1 Å². The number of hydrogen-bond acceptors (Lipinski definition) is 3. The van der Waals surface area contributed by atoms with Gasteiger partial charge in [0.25, 0.3) is 0 Å². The molecule has 15 heavy (non-hydrogen) atoms. The van der Waals surface area contributed by atoms with Crippen molar-refractivity contribution in [1.82, 2.24) is 4.90 Å². The minimum atomic E-state index is 0.657. The predicted octanol–water partition coefficient (Wildman–Crippen LogP) is 1.55. The lowest BCUT2D eigenvalue weighted by Crippen LogP contribution is -2.39. The van der Waals surface area contributed by atoms with Crippen LogP contribution in [0, 0.1) is 0 Å². The fourth-order valence-corrected chi connectivity index (χ4v) is 1.73. The first-order chi connectivity index (χ1) is 7.36. The van der Waals surface area contributed by atoms with Gasteiger partial charge in [0.15, 0.2) is 0 Å². The molecule has 0 N–H and O–H groups in total. The molecule has 1 aliphatic rings. The SMILES string of the molecule is [S-]C(=Nc1ccccc1)N1CCOCC1. The van der Waals surface area contributed by atoms with E-state index in [9.17, 15) is 0 Å². The molecule has 4 heteroatoms. The Kier molecular flexibility index (Phi) is 3.53. The summed E-state index contributed by atoms with van der Waals surface area (Å²) in [7, 11) is 0. The van der Waals surface area contributed by atoms with Gasteiger partial charge in [-0.1, -0.05) is 18.2 Å². The average molecular weight is 221 g/mol. The summed E-state index contributed by atoms with van der Waals surface area (Å²) in [4.78, 5) is 6.46. The summed E-state index contributed by atoms with van der Waals surface area (Å²) in [6.45, 7) is 3.17. The van der Waals surface area contributed by atoms with E-state index in [-0.39, 0.29) is 0 Å². The standard InChI is InChI=1S/C11H14N2OS/c15-11(13-6-8-14-9-7-13)12-10-4-2-1-3-5-10/h1-5H,6-9H2,(H,12,15)/p-1. The number of aliphatic imine (C=N–C) groups is 1. The molecular weight excluding hydrogens is 208 g/mol. The molecule has 80 valence electrons. The third kappa shape index (κ3) is 2.91. The molecule has 1 aromatic rings. The van der Waals surface area contributed by atoms with Crippen molar-refractivity contribution in [2.45, 2.75) is 0 Å². The van der Waals surface area contributed by atoms with Crippen LogP contribution in [-0.2, 0) is 17.4 Å². The van der Waals surface area contributed by atoms with Crippen molar-refractivity contribution in [1.29, 1.82) is 0 Å². The number of hydrogen-bond donors (Lipinski definition) is 0. The van der Waals surface area contributed by atoms with Crippen LogP contribution in [0.1, 0.15) is 0 Å². The lowest BCUT2D eigenvalue weighted by atomic mass is 10.3. The van der Waals surface area contributed by atoms with Crippen molar-refractivity contribution in [3.63, 3.8) is 0 Å². The summed E-state index contributed by atoms with van der Waals surface area (Å²) in [5.74, 6) is 0. The lowest BCUT2D eigenvalue weighted by Gasteiger charge is -2.33. The second-order valence-electron chi connectivity index (χ2n) is 3.33. The van der Waals surface area contributed by atoms with E-state index in [2.05, 4.69) is 9.89 Å². The largest absolute Gasteiger partial charge is 0.743 e. The number of morpholine rings is 1. The molecule has 1 aromatic carbocycles. The molecule has 0 aromatic heterocycles. The van der Waals surface area contributed by atoms with Crippen LogP contribution in [0.15, 0.2) is 35.3 Å². The Morgan fingerprint density at radius 1 is 1.20 bits per heavy atom. The Hall–Kier alpha value is -1.13. The monoisotopic (exact) mass is 221 g/mol. The molecule has 0 atom stereocenters. The average Bonchev–Trinajstić information content (AvgIpc) is 2.31. The molecule has 1 saturated heterocycles. The molecule has 0 saturated carbocycles. The van der Waals surface area contributed by atoms with Crippen LogP contribution in [0.25, 0.3) is 0 Å². The van der Waals surface area contributed by atoms with Gasteiger partial charge in [-0.05, 0) is 17.3 Å². The van der Waals surface area contributed by atoms with E-state index in [1.807, 2.05) is 30.3 Å². The molecule has 0 spiro atoms. The fraction of sp³-hybridized carbons (Fsp3) is 0.364. The zero-order valence-corrected chi connectivity index (χ0v) is 9.24. The van der Waals surface area contributed by atoms with Crippen LogP contribution in [0.2, 0.25) is 0 Å². The summed E-state index contributed by atoms with van der Waals surface area (Å²) >= 11 is 5.26. The lowest BCUT2D eigenvalue weighted by molar-refractivity contribution is 0.0694. The van der Waals surface area contributed by atoms with Gasteiger partial charge in [-0.2, -0.15) is 0 Å². The van der Waals surface area contributed by atoms with Gasteiger partial charge in [0.05, 0.1) is 18.9 Å². The maximum atomic E-state index is 5.26. The predicted molar refractivity (Wildman–Crippen MR) is 63.3 cm³/mol. The van der Waals surface area contributed by atoms with E-state index in [1.165, 1.54) is 0 Å². The molecular formula is C11H13N2OS-. The Bertz CT molecular complexity index is 334. The van der Waals surface area contributed by atoms with Crippen LogP contribution >= 0.6 is 0 Å². The highest BCUT2D eigenvalue weighted by molar-refractivity contribution is 7.77. The second-order valence-corrected chi connectivity index (χ2v) is 3.69. The Morgan fingerprint density at radius 3 is 2.53 bits per heavy atom. The molecule has 2 rings (SSSR count). The number of para-hydroxylation sites is 1. The topological polar surface area (TPSA) is 24.8 Å². The molecule has 0 unspecified atom stereocenters. The van der Waals surface area contributed by atoms with E-state index in [1.54, 1.807) is 0 Å². The van der Waals surface area contributed by atoms with E-state index in [0.29, 0.717) is 5.17 Å². The van der Waals surface area contributed by atoms with Gasteiger partial charge in [-0.3, -0.25) is 4.99 Å². The Balaban J connectivity index is 2.06. The smallest absolute Gasteiger partial charge is 0.0642 e. The summed E-state index contributed by atoms with van der Waals surface area (Å²) in [6, 6.07) is 9.79. The van der Waals surface area contributed by atoms with Crippen LogP contribution < -0.4 is 0 Å².